The first-order chi connectivity index (χ1) is 14.8. The van der Waals surface area contributed by atoms with Crippen molar-refractivity contribution in [3.63, 3.8) is 0 Å². The number of non-ortho nitro benzene ring substituents is 1. The minimum atomic E-state index is -3.58. The number of hydrogen-bond acceptors (Lipinski definition) is 6. The van der Waals surface area contributed by atoms with Crippen LogP contribution < -0.4 is 10.6 Å². The molecule has 2 N–H and O–H groups in total. The molecule has 31 heavy (non-hydrogen) atoms. The van der Waals surface area contributed by atoms with Crippen molar-refractivity contribution in [3.8, 4) is 0 Å². The van der Waals surface area contributed by atoms with Gasteiger partial charge in [0.1, 0.15) is 0 Å². The molecule has 1 fully saturated rings. The molecule has 2 aromatic rings. The van der Waals surface area contributed by atoms with Gasteiger partial charge in [-0.2, -0.15) is 4.31 Å². The van der Waals surface area contributed by atoms with Gasteiger partial charge in [0.05, 0.1) is 9.82 Å². The van der Waals surface area contributed by atoms with E-state index >= 15 is 0 Å². The highest BCUT2D eigenvalue weighted by atomic mass is 32.2. The van der Waals surface area contributed by atoms with Crippen LogP contribution >= 0.6 is 0 Å². The highest BCUT2D eigenvalue weighted by Crippen LogP contribution is 2.23. The number of anilines is 1. The van der Waals surface area contributed by atoms with Crippen LogP contribution in [0.4, 0.5) is 11.4 Å². The monoisotopic (exact) mass is 446 g/mol. The lowest BCUT2D eigenvalue weighted by Crippen LogP contribution is -2.28. The van der Waals surface area contributed by atoms with E-state index in [1.807, 2.05) is 0 Å². The summed E-state index contributed by atoms with van der Waals surface area (Å²) in [4.78, 5) is 34.4. The van der Waals surface area contributed by atoms with E-state index < -0.39 is 20.9 Å². The normalized spacial score (nSPS) is 14.2. The molecule has 1 saturated heterocycles. The molecule has 0 spiro atoms. The van der Waals surface area contributed by atoms with Crippen LogP contribution in [0.1, 0.15) is 29.6 Å². The van der Waals surface area contributed by atoms with Crippen LogP contribution in [0.15, 0.2) is 53.4 Å². The van der Waals surface area contributed by atoms with Gasteiger partial charge in [0.15, 0.2) is 0 Å². The average molecular weight is 446 g/mol. The third-order valence-electron chi connectivity index (χ3n) is 4.80. The van der Waals surface area contributed by atoms with Crippen molar-refractivity contribution < 1.29 is 22.9 Å². The van der Waals surface area contributed by atoms with Crippen molar-refractivity contribution in [1.29, 1.82) is 0 Å². The van der Waals surface area contributed by atoms with E-state index in [4.69, 9.17) is 0 Å². The fourth-order valence-electron chi connectivity index (χ4n) is 3.16. The number of benzene rings is 2. The van der Waals surface area contributed by atoms with E-state index in [1.54, 1.807) is 12.1 Å². The van der Waals surface area contributed by atoms with Crippen molar-refractivity contribution in [2.24, 2.45) is 0 Å². The molecule has 1 aliphatic rings. The molecular weight excluding hydrogens is 424 g/mol. The third-order valence-corrected chi connectivity index (χ3v) is 6.69. The number of nitrogens with zero attached hydrogens (tertiary/aromatic N) is 2. The van der Waals surface area contributed by atoms with Gasteiger partial charge in [0.25, 0.3) is 11.6 Å². The first-order valence-electron chi connectivity index (χ1n) is 9.70. The zero-order valence-electron chi connectivity index (χ0n) is 16.6. The van der Waals surface area contributed by atoms with Gasteiger partial charge in [-0.05, 0) is 43.2 Å². The maximum Gasteiger partial charge on any atom is 0.269 e. The summed E-state index contributed by atoms with van der Waals surface area (Å²) >= 11 is 0. The number of nitrogens with one attached hydrogen (secondary N) is 2. The van der Waals surface area contributed by atoms with Crippen LogP contribution in [0, 0.1) is 10.1 Å². The van der Waals surface area contributed by atoms with Gasteiger partial charge in [-0.3, -0.25) is 19.7 Å². The topological polar surface area (TPSA) is 139 Å². The molecule has 11 heteroatoms. The molecule has 0 aliphatic carbocycles. The summed E-state index contributed by atoms with van der Waals surface area (Å²) in [6.45, 7) is 1.04. The summed E-state index contributed by atoms with van der Waals surface area (Å²) in [6.07, 6.45) is 1.64. The summed E-state index contributed by atoms with van der Waals surface area (Å²) in [7, 11) is -3.58. The van der Waals surface area contributed by atoms with E-state index in [0.29, 0.717) is 18.8 Å². The number of sulfonamides is 1. The Bertz CT molecular complexity index is 1080. The zero-order chi connectivity index (χ0) is 22.4. The Labute approximate surface area is 179 Å². The number of nitro benzene ring substituents is 1. The predicted octanol–water partition coefficient (Wildman–Crippen LogP) is 2.14. The number of amides is 2. The quantitative estimate of drug-likeness (QED) is 0.470. The van der Waals surface area contributed by atoms with Crippen LogP contribution in [0.25, 0.3) is 0 Å². The van der Waals surface area contributed by atoms with Gasteiger partial charge >= 0.3 is 0 Å². The maximum atomic E-state index is 12.6. The minimum absolute atomic E-state index is 0.0260. The average Bonchev–Trinajstić information content (AvgIpc) is 3.30. The van der Waals surface area contributed by atoms with Gasteiger partial charge in [-0.1, -0.05) is 6.07 Å². The van der Waals surface area contributed by atoms with Crippen molar-refractivity contribution >= 4 is 33.2 Å². The van der Waals surface area contributed by atoms with Gasteiger partial charge in [-0.25, -0.2) is 8.42 Å². The molecule has 2 aromatic carbocycles. The maximum absolute atomic E-state index is 12.6. The van der Waals surface area contributed by atoms with Crippen molar-refractivity contribution in [2.75, 3.05) is 25.0 Å². The molecule has 10 nitrogen and oxygen atoms in total. The molecule has 1 aliphatic heterocycles. The van der Waals surface area contributed by atoms with Crippen LogP contribution in [0.2, 0.25) is 0 Å². The Morgan fingerprint density at radius 3 is 2.39 bits per heavy atom. The van der Waals surface area contributed by atoms with E-state index in [-0.39, 0.29) is 35.0 Å². The van der Waals surface area contributed by atoms with Gasteiger partial charge < -0.3 is 10.6 Å². The number of carbonyl (C=O) groups excluding carboxylic acids is 2. The highest BCUT2D eigenvalue weighted by Gasteiger charge is 2.27. The largest absolute Gasteiger partial charge is 0.352 e. The molecule has 0 aromatic heterocycles. The first-order valence-corrected chi connectivity index (χ1v) is 11.1. The second kappa shape index (κ2) is 9.67. The summed E-state index contributed by atoms with van der Waals surface area (Å²) in [6, 6.07) is 11.2. The fraction of sp³-hybridized carbons (Fsp3) is 0.300. The van der Waals surface area contributed by atoms with E-state index in [0.717, 1.165) is 12.8 Å². The van der Waals surface area contributed by atoms with Crippen molar-refractivity contribution in [3.05, 3.63) is 64.2 Å². The molecular formula is C20H22N4O6S. The highest BCUT2D eigenvalue weighted by molar-refractivity contribution is 7.89. The molecule has 2 amide bonds. The molecule has 164 valence electrons. The van der Waals surface area contributed by atoms with E-state index in [2.05, 4.69) is 10.6 Å². The molecule has 0 unspecified atom stereocenters. The summed E-state index contributed by atoms with van der Waals surface area (Å²) < 4.78 is 26.7. The Kier molecular flexibility index (Phi) is 6.98. The first kappa shape index (κ1) is 22.4. The lowest BCUT2D eigenvalue weighted by Gasteiger charge is -2.16. The summed E-state index contributed by atoms with van der Waals surface area (Å²) in [5, 5.41) is 15.8. The predicted molar refractivity (Wildman–Crippen MR) is 113 cm³/mol. The van der Waals surface area contributed by atoms with Crippen LogP contribution in [-0.2, 0) is 14.8 Å². The van der Waals surface area contributed by atoms with Crippen LogP contribution in [0.3, 0.4) is 0 Å². The molecule has 3 rings (SSSR count). The number of hydrogen-bond donors (Lipinski definition) is 2. The Morgan fingerprint density at radius 2 is 1.74 bits per heavy atom. The second-order valence-corrected chi connectivity index (χ2v) is 8.94. The molecule has 0 radical (unpaired) electrons. The number of rotatable bonds is 8. The van der Waals surface area contributed by atoms with Crippen molar-refractivity contribution in [1.82, 2.24) is 9.62 Å². The lowest BCUT2D eigenvalue weighted by molar-refractivity contribution is -0.384. The van der Waals surface area contributed by atoms with E-state index in [1.165, 1.54) is 40.7 Å². The molecule has 0 bridgehead atoms. The fourth-order valence-corrected chi connectivity index (χ4v) is 4.72. The Balaban J connectivity index is 1.52. The van der Waals surface area contributed by atoms with E-state index in [9.17, 15) is 28.1 Å². The smallest absolute Gasteiger partial charge is 0.269 e. The minimum Gasteiger partial charge on any atom is -0.352 e. The second-order valence-electron chi connectivity index (χ2n) is 7.00. The zero-order valence-corrected chi connectivity index (χ0v) is 17.4. The summed E-state index contributed by atoms with van der Waals surface area (Å²) in [5.41, 5.74) is 0.475. The van der Waals surface area contributed by atoms with Crippen LogP contribution in [-0.4, -0.2) is 49.1 Å². The van der Waals surface area contributed by atoms with Gasteiger partial charge in [0.2, 0.25) is 15.9 Å². The van der Waals surface area contributed by atoms with Crippen LogP contribution in [0.5, 0.6) is 0 Å². The Hall–Kier alpha value is -3.31. The van der Waals surface area contributed by atoms with Gasteiger partial charge in [-0.15, -0.1) is 0 Å². The van der Waals surface area contributed by atoms with Gasteiger partial charge in [0, 0.05) is 49.4 Å². The summed E-state index contributed by atoms with van der Waals surface area (Å²) in [5.74, 6) is -0.846. The standard InChI is InChI=1S/C20H22N4O6S/c25-19(10-11-21-20(26)15-6-8-17(9-7-15)24(27)28)22-16-4-3-5-18(14-16)31(29,30)23-12-1-2-13-23/h3-9,14H,1-2,10-13H2,(H,21,26)(H,22,25). The molecule has 0 atom stereocenters. The lowest BCUT2D eigenvalue weighted by atomic mass is 10.2. The Morgan fingerprint density at radius 1 is 1.06 bits per heavy atom. The number of nitro groups is 1. The molecule has 0 saturated carbocycles. The third kappa shape index (κ3) is 5.64. The number of carbonyl (C=O) groups is 2. The SMILES string of the molecule is O=C(CCNC(=O)c1ccc([N+](=O)[O-])cc1)Nc1cccc(S(=O)(=O)N2CCCC2)c1. The molecule has 1 heterocycles. The van der Waals surface area contributed by atoms with Crippen molar-refractivity contribution in [2.45, 2.75) is 24.2 Å².